The lowest BCUT2D eigenvalue weighted by atomic mass is 10.1. The molecule has 7 heteroatoms. The highest BCUT2D eigenvalue weighted by Gasteiger charge is 2.31. The molecule has 1 aromatic rings. The van der Waals surface area contributed by atoms with E-state index in [1.165, 1.54) is 24.1 Å². The van der Waals surface area contributed by atoms with Crippen molar-refractivity contribution in [1.82, 2.24) is 15.2 Å². The Hall–Kier alpha value is -2.57. The van der Waals surface area contributed by atoms with Gasteiger partial charge < -0.3 is 4.74 Å². The molecule has 0 amide bonds. The summed E-state index contributed by atoms with van der Waals surface area (Å²) in [7, 11) is 0. The zero-order chi connectivity index (χ0) is 21.4. The maximum absolute atomic E-state index is 11.8. The maximum Gasteiger partial charge on any atom is 0.573 e. The third-order valence-electron chi connectivity index (χ3n) is 3.37. The van der Waals surface area contributed by atoms with E-state index < -0.39 is 6.36 Å². The first-order chi connectivity index (χ1) is 13.4. The molecule has 0 spiro atoms. The van der Waals surface area contributed by atoms with Gasteiger partial charge in [0, 0.05) is 5.57 Å². The van der Waals surface area contributed by atoms with Crippen LogP contribution < -0.4 is 0 Å². The first-order valence-corrected chi connectivity index (χ1v) is 9.32. The van der Waals surface area contributed by atoms with Crippen molar-refractivity contribution in [2.24, 2.45) is 0 Å². The molecule has 4 nitrogen and oxygen atoms in total. The van der Waals surface area contributed by atoms with Gasteiger partial charge in [0.2, 0.25) is 0 Å². The van der Waals surface area contributed by atoms with Gasteiger partial charge in [-0.25, -0.2) is 4.98 Å². The molecule has 0 bridgehead atoms. The largest absolute Gasteiger partial charge is 0.573 e. The van der Waals surface area contributed by atoms with Gasteiger partial charge in [0.1, 0.15) is 12.1 Å². The van der Waals surface area contributed by atoms with E-state index in [4.69, 9.17) is 0 Å². The number of H-pyrrole nitrogens is 1. The fourth-order valence-corrected chi connectivity index (χ4v) is 1.92. The fourth-order valence-electron chi connectivity index (χ4n) is 1.92. The van der Waals surface area contributed by atoms with Crippen LogP contribution >= 0.6 is 0 Å². The highest BCUT2D eigenvalue weighted by Crippen LogP contribution is 2.22. The van der Waals surface area contributed by atoms with Crippen LogP contribution in [0.4, 0.5) is 13.2 Å². The normalized spacial score (nSPS) is 16.9. The Morgan fingerprint density at radius 3 is 2.43 bits per heavy atom. The van der Waals surface area contributed by atoms with Crippen molar-refractivity contribution in [3.63, 3.8) is 0 Å². The quantitative estimate of drug-likeness (QED) is 0.444. The molecule has 0 saturated carbocycles. The van der Waals surface area contributed by atoms with Gasteiger partial charge in [-0.05, 0) is 45.3 Å². The SMILES string of the molecule is C/C=C(\C=C(\C)CC)c1ncn[nH]1.CC.FC(F)(F)OC1=CC/C=C\C/C=C\1. The van der Waals surface area contributed by atoms with Gasteiger partial charge in [-0.1, -0.05) is 56.7 Å². The van der Waals surface area contributed by atoms with Crippen molar-refractivity contribution in [3.05, 3.63) is 66.0 Å². The Balaban J connectivity index is 0.000000478. The van der Waals surface area contributed by atoms with Gasteiger partial charge in [0.05, 0.1) is 0 Å². The second-order valence-corrected chi connectivity index (χ2v) is 5.42. The van der Waals surface area contributed by atoms with Crippen molar-refractivity contribution >= 4 is 5.57 Å². The smallest absolute Gasteiger partial charge is 0.406 e. The van der Waals surface area contributed by atoms with Crippen molar-refractivity contribution in [2.45, 2.75) is 60.2 Å². The van der Waals surface area contributed by atoms with Crippen LogP contribution in [0.25, 0.3) is 5.57 Å². The van der Waals surface area contributed by atoms with Crippen LogP contribution in [0.1, 0.15) is 59.7 Å². The lowest BCUT2D eigenvalue weighted by Gasteiger charge is -2.09. The Kier molecular flexibility index (Phi) is 13.2. The summed E-state index contributed by atoms with van der Waals surface area (Å²) < 4.78 is 39.0. The number of ether oxygens (including phenoxy) is 1. The number of aromatic amines is 1. The second kappa shape index (κ2) is 14.5. The minimum Gasteiger partial charge on any atom is -0.406 e. The number of alkyl halides is 3. The zero-order valence-electron chi connectivity index (χ0n) is 17.2. The molecular weight excluding hydrogens is 367 g/mol. The molecular formula is C21H30F3N3O. The van der Waals surface area contributed by atoms with Crippen LogP contribution in [0.3, 0.4) is 0 Å². The van der Waals surface area contributed by atoms with E-state index in [-0.39, 0.29) is 5.76 Å². The highest BCUT2D eigenvalue weighted by atomic mass is 19.4. The van der Waals surface area contributed by atoms with Crippen LogP contribution in [0.5, 0.6) is 0 Å². The monoisotopic (exact) mass is 397 g/mol. The third kappa shape index (κ3) is 11.9. The molecule has 0 aromatic carbocycles. The number of allylic oxidation sites excluding steroid dienone is 9. The van der Waals surface area contributed by atoms with Crippen LogP contribution in [0, 0.1) is 0 Å². The number of rotatable bonds is 4. The molecule has 0 aliphatic heterocycles. The van der Waals surface area contributed by atoms with E-state index >= 15 is 0 Å². The average Bonchev–Trinajstić information content (AvgIpc) is 3.17. The first-order valence-electron chi connectivity index (χ1n) is 9.32. The van der Waals surface area contributed by atoms with Gasteiger partial charge in [-0.3, -0.25) is 5.10 Å². The molecule has 2 rings (SSSR count). The van der Waals surface area contributed by atoms with Gasteiger partial charge in [0.15, 0.2) is 5.82 Å². The molecule has 0 saturated heterocycles. The summed E-state index contributed by atoms with van der Waals surface area (Å²) in [5, 5.41) is 6.66. The number of hydrogen-bond acceptors (Lipinski definition) is 3. The minimum absolute atomic E-state index is 0.142. The van der Waals surface area contributed by atoms with E-state index in [1.54, 1.807) is 12.2 Å². The Morgan fingerprint density at radius 2 is 1.89 bits per heavy atom. The van der Waals surface area contributed by atoms with Crippen molar-refractivity contribution in [3.8, 4) is 0 Å². The van der Waals surface area contributed by atoms with Crippen LogP contribution in [0.2, 0.25) is 0 Å². The average molecular weight is 397 g/mol. The Labute approximate surface area is 165 Å². The van der Waals surface area contributed by atoms with Crippen LogP contribution in [-0.2, 0) is 4.74 Å². The summed E-state index contributed by atoms with van der Waals surface area (Å²) in [5.74, 6) is 0.687. The fraction of sp³-hybridized carbons (Fsp3) is 0.429. The van der Waals surface area contributed by atoms with Gasteiger partial charge in [-0.15, -0.1) is 13.2 Å². The molecule has 28 heavy (non-hydrogen) atoms. The van der Waals surface area contributed by atoms with Crippen molar-refractivity contribution in [1.29, 1.82) is 0 Å². The molecule has 1 aromatic heterocycles. The van der Waals surface area contributed by atoms with Gasteiger partial charge in [0.25, 0.3) is 0 Å². The van der Waals surface area contributed by atoms with E-state index in [9.17, 15) is 13.2 Å². The second-order valence-electron chi connectivity index (χ2n) is 5.42. The molecule has 1 heterocycles. The first kappa shape index (κ1) is 25.4. The Morgan fingerprint density at radius 1 is 1.21 bits per heavy atom. The molecule has 1 aliphatic rings. The number of nitrogens with zero attached hydrogens (tertiary/aromatic N) is 2. The number of halogens is 3. The lowest BCUT2D eigenvalue weighted by Crippen LogP contribution is -2.12. The molecule has 0 atom stereocenters. The molecule has 0 fully saturated rings. The summed E-state index contributed by atoms with van der Waals surface area (Å²) in [6.07, 6.45) is 11.3. The third-order valence-corrected chi connectivity index (χ3v) is 3.37. The predicted molar refractivity (Wildman–Crippen MR) is 108 cm³/mol. The van der Waals surface area contributed by atoms with Crippen molar-refractivity contribution in [2.75, 3.05) is 0 Å². The minimum atomic E-state index is -4.60. The summed E-state index contributed by atoms with van der Waals surface area (Å²) in [6, 6.07) is 0. The number of aromatic nitrogens is 3. The van der Waals surface area contributed by atoms with E-state index in [0.29, 0.717) is 12.8 Å². The Bertz CT molecular complexity index is 682. The highest BCUT2D eigenvalue weighted by molar-refractivity contribution is 5.69. The summed E-state index contributed by atoms with van der Waals surface area (Å²) in [4.78, 5) is 4.10. The topological polar surface area (TPSA) is 50.8 Å². The molecule has 156 valence electrons. The van der Waals surface area contributed by atoms with E-state index in [1.807, 2.05) is 32.9 Å². The number of nitrogens with one attached hydrogen (secondary N) is 1. The summed E-state index contributed by atoms with van der Waals surface area (Å²) in [5.41, 5.74) is 2.43. The molecule has 0 radical (unpaired) electrons. The van der Waals surface area contributed by atoms with Gasteiger partial charge in [-0.2, -0.15) is 5.10 Å². The predicted octanol–water partition coefficient (Wildman–Crippen LogP) is 6.90. The van der Waals surface area contributed by atoms with Crippen molar-refractivity contribution < 1.29 is 17.9 Å². The van der Waals surface area contributed by atoms with E-state index in [2.05, 4.69) is 39.8 Å². The van der Waals surface area contributed by atoms with Gasteiger partial charge >= 0.3 is 6.36 Å². The summed E-state index contributed by atoms with van der Waals surface area (Å²) >= 11 is 0. The van der Waals surface area contributed by atoms with Crippen LogP contribution in [-0.4, -0.2) is 21.5 Å². The zero-order valence-corrected chi connectivity index (χ0v) is 17.2. The molecule has 0 unspecified atom stereocenters. The van der Waals surface area contributed by atoms with E-state index in [0.717, 1.165) is 17.8 Å². The maximum atomic E-state index is 11.8. The lowest BCUT2D eigenvalue weighted by molar-refractivity contribution is -0.303. The standard InChI is InChI=1S/C10H15N3.C9H9F3O.C2H6/c1-4-8(3)6-9(5-2)10-11-7-12-13-10;10-9(11,12)13-8-6-4-2-1-3-5-7-8;1-2/h5-7H,4H2,1-3H3,(H,11,12,13);1-2,5-7H,3-4H2;1-2H3/b8-6-,9-5+;2-1-,7-5-,8-6?;. The molecule has 1 N–H and O–H groups in total. The number of hydrogen-bond donors (Lipinski definition) is 1. The van der Waals surface area contributed by atoms with Crippen LogP contribution in [0.15, 0.2) is 60.2 Å². The molecule has 1 aliphatic carbocycles. The summed E-state index contributed by atoms with van der Waals surface area (Å²) in [6.45, 7) is 10.2.